The van der Waals surface area contributed by atoms with Crippen molar-refractivity contribution in [3.8, 4) is 0 Å². The molecule has 2 aliphatic rings. The first-order chi connectivity index (χ1) is 6.21. The fourth-order valence-electron chi connectivity index (χ4n) is 2.03. The molecular weight excluding hydrogens is 182 g/mol. The quantitative estimate of drug-likeness (QED) is 0.725. The molecule has 2 fully saturated rings. The monoisotopic (exact) mass is 201 g/mol. The molecule has 2 atom stereocenters. The Morgan fingerprint density at radius 3 is 2.85 bits per heavy atom. The molecule has 1 heterocycles. The topological polar surface area (TPSA) is 46.2 Å². The molecule has 1 aliphatic carbocycles. The third-order valence-corrected chi connectivity index (χ3v) is 4.51. The summed E-state index contributed by atoms with van der Waals surface area (Å²) in [5.41, 5.74) is 5.51. The Bertz CT molecular complexity index is 176. The summed E-state index contributed by atoms with van der Waals surface area (Å²) in [7, 11) is 0. The molecule has 2 nitrogen and oxygen atoms in total. The lowest BCUT2D eigenvalue weighted by Gasteiger charge is -2.36. The first-order valence-corrected chi connectivity index (χ1v) is 6.42. The number of aliphatic hydroxyl groups is 1. The Kier molecular flexibility index (Phi) is 2.86. The number of nitrogens with two attached hydrogens (primary N) is 1. The number of thioether (sulfide) groups is 1. The van der Waals surface area contributed by atoms with Crippen molar-refractivity contribution < 1.29 is 5.11 Å². The van der Waals surface area contributed by atoms with Gasteiger partial charge in [0.05, 0.1) is 5.60 Å². The van der Waals surface area contributed by atoms with Crippen LogP contribution in [0.5, 0.6) is 0 Å². The van der Waals surface area contributed by atoms with Crippen LogP contribution in [0, 0.1) is 5.92 Å². The summed E-state index contributed by atoms with van der Waals surface area (Å²) in [4.78, 5) is 0. The second-order valence-electron chi connectivity index (χ2n) is 4.55. The van der Waals surface area contributed by atoms with Crippen molar-refractivity contribution in [2.45, 2.75) is 43.7 Å². The van der Waals surface area contributed by atoms with E-state index in [0.717, 1.165) is 30.9 Å². The van der Waals surface area contributed by atoms with Crippen LogP contribution in [-0.4, -0.2) is 28.3 Å². The Morgan fingerprint density at radius 1 is 1.54 bits per heavy atom. The van der Waals surface area contributed by atoms with Crippen LogP contribution in [0.2, 0.25) is 0 Å². The molecule has 1 aliphatic heterocycles. The molecule has 0 spiro atoms. The molecule has 3 N–H and O–H groups in total. The molecule has 1 saturated heterocycles. The summed E-state index contributed by atoms with van der Waals surface area (Å²) in [5, 5.41) is 10.3. The van der Waals surface area contributed by atoms with E-state index in [9.17, 15) is 5.11 Å². The largest absolute Gasteiger partial charge is 0.387 e. The van der Waals surface area contributed by atoms with Gasteiger partial charge in [0, 0.05) is 11.8 Å². The standard InChI is InChI=1S/C10H19NOS/c11-9(6-8-2-3-8)10(12)4-1-5-13-7-10/h8-9,12H,1-7,11H2. The van der Waals surface area contributed by atoms with E-state index in [0.29, 0.717) is 0 Å². The first kappa shape index (κ1) is 9.81. The predicted octanol–water partition coefficient (Wildman–Crippen LogP) is 1.37. The van der Waals surface area contributed by atoms with Gasteiger partial charge in [0.15, 0.2) is 0 Å². The molecule has 1 saturated carbocycles. The van der Waals surface area contributed by atoms with Crippen LogP contribution in [0.1, 0.15) is 32.1 Å². The molecule has 0 radical (unpaired) electrons. The van der Waals surface area contributed by atoms with Gasteiger partial charge in [-0.15, -0.1) is 0 Å². The molecule has 0 aromatic heterocycles. The van der Waals surface area contributed by atoms with Crippen LogP contribution in [0.3, 0.4) is 0 Å². The average Bonchev–Trinajstić information content (AvgIpc) is 2.89. The van der Waals surface area contributed by atoms with Crippen LogP contribution in [0.4, 0.5) is 0 Å². The average molecular weight is 201 g/mol. The van der Waals surface area contributed by atoms with Crippen LogP contribution < -0.4 is 5.73 Å². The van der Waals surface area contributed by atoms with Crippen LogP contribution >= 0.6 is 11.8 Å². The van der Waals surface area contributed by atoms with Gasteiger partial charge in [0.1, 0.15) is 0 Å². The SMILES string of the molecule is NC(CC1CC1)C1(O)CCCSC1. The van der Waals surface area contributed by atoms with E-state index < -0.39 is 5.60 Å². The maximum absolute atomic E-state index is 10.3. The summed E-state index contributed by atoms with van der Waals surface area (Å²) in [5.74, 6) is 2.87. The zero-order valence-electron chi connectivity index (χ0n) is 8.04. The molecule has 3 heteroatoms. The van der Waals surface area contributed by atoms with Gasteiger partial charge in [-0.2, -0.15) is 11.8 Å². The third-order valence-electron chi connectivity index (χ3n) is 3.22. The Hall–Kier alpha value is 0.270. The fraction of sp³-hybridized carbons (Fsp3) is 1.00. The van der Waals surface area contributed by atoms with Crippen LogP contribution in [0.15, 0.2) is 0 Å². The maximum Gasteiger partial charge on any atom is 0.0888 e. The van der Waals surface area contributed by atoms with Gasteiger partial charge in [0.2, 0.25) is 0 Å². The highest BCUT2D eigenvalue weighted by atomic mass is 32.2. The van der Waals surface area contributed by atoms with Crippen LogP contribution in [0.25, 0.3) is 0 Å². The molecule has 2 rings (SSSR count). The molecule has 0 bridgehead atoms. The molecule has 13 heavy (non-hydrogen) atoms. The third kappa shape index (κ3) is 2.39. The van der Waals surface area contributed by atoms with Crippen molar-refractivity contribution >= 4 is 11.8 Å². The van der Waals surface area contributed by atoms with Gasteiger partial charge < -0.3 is 10.8 Å². The summed E-state index contributed by atoms with van der Waals surface area (Å²) in [6.07, 6.45) is 5.73. The van der Waals surface area contributed by atoms with Crippen molar-refractivity contribution in [2.75, 3.05) is 11.5 Å². The minimum absolute atomic E-state index is 0.0211. The Balaban J connectivity index is 1.86. The predicted molar refractivity (Wildman–Crippen MR) is 56.8 cm³/mol. The Labute approximate surface area is 84.3 Å². The van der Waals surface area contributed by atoms with Gasteiger partial charge >= 0.3 is 0 Å². The van der Waals surface area contributed by atoms with Gasteiger partial charge in [-0.1, -0.05) is 12.8 Å². The maximum atomic E-state index is 10.3. The van der Waals surface area contributed by atoms with E-state index in [4.69, 9.17) is 5.73 Å². The fourth-order valence-corrected chi connectivity index (χ4v) is 3.23. The highest BCUT2D eigenvalue weighted by molar-refractivity contribution is 7.99. The highest BCUT2D eigenvalue weighted by Gasteiger charge is 2.38. The van der Waals surface area contributed by atoms with E-state index in [2.05, 4.69) is 0 Å². The van der Waals surface area contributed by atoms with Gasteiger partial charge in [-0.25, -0.2) is 0 Å². The van der Waals surface area contributed by atoms with Gasteiger partial charge in [-0.3, -0.25) is 0 Å². The van der Waals surface area contributed by atoms with E-state index in [1.54, 1.807) is 0 Å². The summed E-state index contributed by atoms with van der Waals surface area (Å²) >= 11 is 1.85. The van der Waals surface area contributed by atoms with E-state index >= 15 is 0 Å². The molecule has 0 amide bonds. The second kappa shape index (κ2) is 3.79. The zero-order chi connectivity index (χ0) is 9.31. The Morgan fingerprint density at radius 2 is 2.31 bits per heavy atom. The lowest BCUT2D eigenvalue weighted by molar-refractivity contribution is 0.0217. The van der Waals surface area contributed by atoms with Crippen molar-refractivity contribution in [1.82, 2.24) is 0 Å². The van der Waals surface area contributed by atoms with Gasteiger partial charge in [-0.05, 0) is 30.9 Å². The van der Waals surface area contributed by atoms with Gasteiger partial charge in [0.25, 0.3) is 0 Å². The van der Waals surface area contributed by atoms with Crippen molar-refractivity contribution in [2.24, 2.45) is 11.7 Å². The zero-order valence-corrected chi connectivity index (χ0v) is 8.85. The lowest BCUT2D eigenvalue weighted by Crippen LogP contribution is -2.51. The molecular formula is C10H19NOS. The number of hydrogen-bond acceptors (Lipinski definition) is 3. The van der Waals surface area contributed by atoms with E-state index in [1.807, 2.05) is 11.8 Å². The highest BCUT2D eigenvalue weighted by Crippen LogP contribution is 2.38. The summed E-state index contributed by atoms with van der Waals surface area (Å²) < 4.78 is 0. The van der Waals surface area contributed by atoms with E-state index in [-0.39, 0.29) is 6.04 Å². The normalized spacial score (nSPS) is 37.4. The molecule has 2 unspecified atom stereocenters. The van der Waals surface area contributed by atoms with Crippen molar-refractivity contribution in [3.05, 3.63) is 0 Å². The molecule has 76 valence electrons. The van der Waals surface area contributed by atoms with Crippen molar-refractivity contribution in [3.63, 3.8) is 0 Å². The first-order valence-electron chi connectivity index (χ1n) is 5.26. The molecule has 0 aromatic rings. The second-order valence-corrected chi connectivity index (χ2v) is 5.65. The van der Waals surface area contributed by atoms with Crippen LogP contribution in [-0.2, 0) is 0 Å². The number of rotatable bonds is 3. The minimum atomic E-state index is -0.550. The smallest absolute Gasteiger partial charge is 0.0888 e. The van der Waals surface area contributed by atoms with E-state index in [1.165, 1.54) is 18.6 Å². The summed E-state index contributed by atoms with van der Waals surface area (Å²) in [6.45, 7) is 0. The molecule has 0 aromatic carbocycles. The van der Waals surface area contributed by atoms with Crippen molar-refractivity contribution in [1.29, 1.82) is 0 Å². The number of hydrogen-bond donors (Lipinski definition) is 2. The minimum Gasteiger partial charge on any atom is -0.387 e. The lowest BCUT2D eigenvalue weighted by atomic mass is 9.88. The summed E-state index contributed by atoms with van der Waals surface area (Å²) in [6, 6.07) is 0.0211.